The first-order valence-corrected chi connectivity index (χ1v) is 14.4. The van der Waals surface area contributed by atoms with Gasteiger partial charge in [-0.15, -0.1) is 23.1 Å². The van der Waals surface area contributed by atoms with Crippen molar-refractivity contribution >= 4 is 40.7 Å². The van der Waals surface area contributed by atoms with E-state index in [4.69, 9.17) is 5.10 Å². The number of benzene rings is 2. The van der Waals surface area contributed by atoms with E-state index in [0.717, 1.165) is 46.5 Å². The number of anilines is 1. The van der Waals surface area contributed by atoms with E-state index in [1.54, 1.807) is 28.0 Å². The smallest absolute Gasteiger partial charge is 0.240 e. The summed E-state index contributed by atoms with van der Waals surface area (Å²) in [6.07, 6.45) is 2.00. The fraction of sp³-hybridized carbons (Fsp3) is 0.276. The van der Waals surface area contributed by atoms with Crippen molar-refractivity contribution in [2.45, 2.75) is 38.0 Å². The molecule has 2 aromatic carbocycles. The summed E-state index contributed by atoms with van der Waals surface area (Å²) >= 11 is 3.29. The fourth-order valence-electron chi connectivity index (χ4n) is 4.85. The first-order chi connectivity index (χ1) is 18.0. The summed E-state index contributed by atoms with van der Waals surface area (Å²) in [5.74, 6) is 0.762. The maximum absolute atomic E-state index is 13.7. The number of fused-ring (bicyclic) bond motifs is 1. The van der Waals surface area contributed by atoms with E-state index in [-0.39, 0.29) is 35.4 Å². The van der Waals surface area contributed by atoms with Crippen molar-refractivity contribution in [1.29, 1.82) is 0 Å². The van der Waals surface area contributed by atoms with E-state index in [1.807, 2.05) is 28.9 Å². The Labute approximate surface area is 224 Å². The van der Waals surface area contributed by atoms with Crippen LogP contribution in [-0.4, -0.2) is 39.9 Å². The number of aromatic nitrogens is 2. The van der Waals surface area contributed by atoms with Crippen LogP contribution in [-0.2, 0) is 9.59 Å². The second kappa shape index (κ2) is 9.84. The van der Waals surface area contributed by atoms with Gasteiger partial charge in [0.25, 0.3) is 0 Å². The van der Waals surface area contributed by atoms with E-state index in [9.17, 15) is 9.59 Å². The zero-order valence-corrected chi connectivity index (χ0v) is 22.4. The number of carbonyl (C=O) groups excluding carboxylic acids is 2. The van der Waals surface area contributed by atoms with Gasteiger partial charge in [0, 0.05) is 22.0 Å². The number of hydrogen-bond donors (Lipinski definition) is 1. The number of amides is 2. The molecule has 0 saturated heterocycles. The summed E-state index contributed by atoms with van der Waals surface area (Å²) in [6, 6.07) is 20.8. The molecule has 188 valence electrons. The number of carbonyl (C=O) groups is 2. The first-order valence-electron chi connectivity index (χ1n) is 12.5. The Morgan fingerprint density at radius 3 is 2.59 bits per heavy atom. The molecule has 1 N–H and O–H groups in total. The molecule has 1 unspecified atom stereocenters. The molecular formula is C29H28N4O2S2. The topological polar surface area (TPSA) is 67.2 Å². The van der Waals surface area contributed by atoms with Gasteiger partial charge in [-0.3, -0.25) is 14.5 Å². The summed E-state index contributed by atoms with van der Waals surface area (Å²) in [7, 11) is 0. The van der Waals surface area contributed by atoms with Crippen molar-refractivity contribution in [1.82, 2.24) is 15.1 Å². The van der Waals surface area contributed by atoms with Crippen molar-refractivity contribution in [3.05, 3.63) is 87.6 Å². The van der Waals surface area contributed by atoms with Crippen molar-refractivity contribution < 1.29 is 9.59 Å². The van der Waals surface area contributed by atoms with Crippen LogP contribution < -0.4 is 10.2 Å². The van der Waals surface area contributed by atoms with E-state index < -0.39 is 0 Å². The molecule has 1 atom stereocenters. The zero-order valence-electron chi connectivity index (χ0n) is 20.8. The quantitative estimate of drug-likeness (QED) is 0.350. The Balaban J connectivity index is 1.61. The zero-order chi connectivity index (χ0) is 25.5. The highest BCUT2D eigenvalue weighted by Gasteiger charge is 2.38. The number of thiophene rings is 1. The lowest BCUT2D eigenvalue weighted by molar-refractivity contribution is -0.123. The number of thioether (sulfide) groups is 1. The van der Waals surface area contributed by atoms with Gasteiger partial charge in [-0.25, -0.2) is 4.68 Å². The molecule has 0 bridgehead atoms. The van der Waals surface area contributed by atoms with E-state index in [1.165, 1.54) is 4.88 Å². The summed E-state index contributed by atoms with van der Waals surface area (Å²) in [5, 5.41) is 10.2. The van der Waals surface area contributed by atoms with Crippen LogP contribution in [0.25, 0.3) is 16.9 Å². The molecule has 3 heterocycles. The monoisotopic (exact) mass is 528 g/mol. The molecule has 6 rings (SSSR count). The standard InChI is InChI=1S/C29H28N4O2S2/c1-18-10-13-22(19(2)15-18)33-29-26(27(31-33)20-7-4-3-5-8-20)28(23-9-6-14-36-23)37-17-25(35)32(29)16-24(34)30-21-11-12-21/h3-10,13-15,21,28H,11-12,16-17H2,1-2H3,(H,30,34). The average molecular weight is 529 g/mol. The molecule has 37 heavy (non-hydrogen) atoms. The molecule has 6 nitrogen and oxygen atoms in total. The van der Waals surface area contributed by atoms with Crippen molar-refractivity contribution in [2.75, 3.05) is 17.2 Å². The molecule has 2 aromatic heterocycles. The molecule has 0 spiro atoms. The van der Waals surface area contributed by atoms with Gasteiger partial charge in [0.15, 0.2) is 0 Å². The second-order valence-corrected chi connectivity index (χ2v) is 11.8. The maximum atomic E-state index is 13.7. The molecule has 1 saturated carbocycles. The average Bonchev–Trinajstić information content (AvgIpc) is 3.41. The van der Waals surface area contributed by atoms with Gasteiger partial charge in [-0.05, 0) is 49.8 Å². The molecule has 0 radical (unpaired) electrons. The minimum Gasteiger partial charge on any atom is -0.352 e. The summed E-state index contributed by atoms with van der Waals surface area (Å²) in [5.41, 5.74) is 5.92. The van der Waals surface area contributed by atoms with Crippen LogP contribution in [0.5, 0.6) is 0 Å². The van der Waals surface area contributed by atoms with Gasteiger partial charge in [-0.1, -0.05) is 54.1 Å². The van der Waals surface area contributed by atoms with Gasteiger partial charge in [-0.2, -0.15) is 5.10 Å². The highest BCUT2D eigenvalue weighted by atomic mass is 32.2. The third kappa shape index (κ3) is 4.71. The lowest BCUT2D eigenvalue weighted by atomic mass is 10.0. The Hall–Kier alpha value is -3.36. The third-order valence-corrected chi connectivity index (χ3v) is 9.09. The molecule has 1 fully saturated rings. The van der Waals surface area contributed by atoms with Crippen molar-refractivity contribution in [3.8, 4) is 16.9 Å². The molecule has 2 aliphatic rings. The number of nitrogens with zero attached hydrogens (tertiary/aromatic N) is 3. The fourth-order valence-corrected chi connectivity index (χ4v) is 7.02. The van der Waals surface area contributed by atoms with Crippen LogP contribution >= 0.6 is 23.1 Å². The van der Waals surface area contributed by atoms with Crippen LogP contribution in [0.4, 0.5) is 5.82 Å². The number of rotatable bonds is 6. The summed E-state index contributed by atoms with van der Waals surface area (Å²) < 4.78 is 1.89. The molecular weight excluding hydrogens is 500 g/mol. The van der Waals surface area contributed by atoms with Crippen LogP contribution in [0.3, 0.4) is 0 Å². The molecule has 8 heteroatoms. The van der Waals surface area contributed by atoms with Crippen LogP contribution in [0, 0.1) is 13.8 Å². The number of hydrogen-bond acceptors (Lipinski definition) is 5. The summed E-state index contributed by atoms with van der Waals surface area (Å²) in [6.45, 7) is 4.11. The second-order valence-electron chi connectivity index (χ2n) is 9.68. The van der Waals surface area contributed by atoms with Gasteiger partial charge < -0.3 is 5.32 Å². The minimum atomic E-state index is -0.129. The Kier molecular flexibility index (Phi) is 6.38. The lowest BCUT2D eigenvalue weighted by Crippen LogP contribution is -2.43. The Bertz CT molecular complexity index is 1460. The lowest BCUT2D eigenvalue weighted by Gasteiger charge is -2.23. The SMILES string of the molecule is Cc1ccc(-n2nc(-c3ccccc3)c3c2N(CC(=O)NC2CC2)C(=O)CSC3c2cccs2)c(C)c1. The van der Waals surface area contributed by atoms with E-state index >= 15 is 0 Å². The predicted molar refractivity (Wildman–Crippen MR) is 151 cm³/mol. The van der Waals surface area contributed by atoms with Crippen LogP contribution in [0.2, 0.25) is 0 Å². The van der Waals surface area contributed by atoms with Crippen molar-refractivity contribution in [3.63, 3.8) is 0 Å². The Morgan fingerprint density at radius 1 is 1.08 bits per heavy atom. The van der Waals surface area contributed by atoms with Crippen molar-refractivity contribution in [2.24, 2.45) is 0 Å². The molecule has 1 aliphatic carbocycles. The number of aryl methyl sites for hydroxylation is 2. The highest BCUT2D eigenvalue weighted by Crippen LogP contribution is 2.49. The van der Waals surface area contributed by atoms with E-state index in [2.05, 4.69) is 60.9 Å². The largest absolute Gasteiger partial charge is 0.352 e. The molecule has 2 amide bonds. The van der Waals surface area contributed by atoms with Gasteiger partial charge >= 0.3 is 0 Å². The maximum Gasteiger partial charge on any atom is 0.240 e. The minimum absolute atomic E-state index is 0.0229. The van der Waals surface area contributed by atoms with Gasteiger partial charge in [0.05, 0.1) is 22.4 Å². The third-order valence-electron chi connectivity index (χ3n) is 6.76. The molecule has 4 aromatic rings. The Morgan fingerprint density at radius 2 is 1.89 bits per heavy atom. The van der Waals surface area contributed by atoms with E-state index in [0.29, 0.717) is 5.82 Å². The van der Waals surface area contributed by atoms with Crippen LogP contribution in [0.15, 0.2) is 66.0 Å². The number of nitrogens with one attached hydrogen (secondary N) is 1. The normalized spacial score (nSPS) is 17.4. The van der Waals surface area contributed by atoms with Gasteiger partial charge in [0.2, 0.25) is 11.8 Å². The highest BCUT2D eigenvalue weighted by molar-refractivity contribution is 8.00. The molecule has 1 aliphatic heterocycles. The van der Waals surface area contributed by atoms with Gasteiger partial charge in [0.1, 0.15) is 12.4 Å². The first kappa shape index (κ1) is 24.0. The predicted octanol–water partition coefficient (Wildman–Crippen LogP) is 5.67. The van der Waals surface area contributed by atoms with Crippen LogP contribution in [0.1, 0.15) is 39.7 Å². The summed E-state index contributed by atoms with van der Waals surface area (Å²) in [4.78, 5) is 29.5.